The Hall–Kier alpha value is -4.00. The van der Waals surface area contributed by atoms with E-state index in [-0.39, 0.29) is 18.3 Å². The molecule has 2 fully saturated rings. The first kappa shape index (κ1) is 32.9. The lowest BCUT2D eigenvalue weighted by atomic mass is 9.96. The van der Waals surface area contributed by atoms with Crippen molar-refractivity contribution in [2.75, 3.05) is 33.0 Å². The maximum Gasteiger partial charge on any atom is 0.130 e. The molecule has 0 radical (unpaired) electrons. The van der Waals surface area contributed by atoms with Gasteiger partial charge in [0.15, 0.2) is 0 Å². The van der Waals surface area contributed by atoms with E-state index in [9.17, 15) is 0 Å². The van der Waals surface area contributed by atoms with Crippen LogP contribution >= 0.6 is 0 Å². The van der Waals surface area contributed by atoms with Crippen molar-refractivity contribution in [3.05, 3.63) is 93.0 Å². The molecule has 248 valence electrons. The number of rotatable bonds is 13. The fourth-order valence-corrected chi connectivity index (χ4v) is 6.45. The van der Waals surface area contributed by atoms with Gasteiger partial charge in [0.05, 0.1) is 13.2 Å². The van der Waals surface area contributed by atoms with Crippen LogP contribution in [0.3, 0.4) is 0 Å². The van der Waals surface area contributed by atoms with Gasteiger partial charge in [-0.1, -0.05) is 0 Å². The van der Waals surface area contributed by atoms with Crippen LogP contribution in [-0.4, -0.2) is 51.3 Å². The lowest BCUT2D eigenvalue weighted by molar-refractivity contribution is 0.140. The second-order valence-electron chi connectivity index (χ2n) is 13.5. The molecule has 2 aliphatic rings. The third kappa shape index (κ3) is 7.77. The second-order valence-corrected chi connectivity index (χ2v) is 13.5. The summed E-state index contributed by atoms with van der Waals surface area (Å²) in [5.74, 6) is 3.73. The first-order valence-electron chi connectivity index (χ1n) is 16.7. The first-order valence-corrected chi connectivity index (χ1v) is 16.7. The van der Waals surface area contributed by atoms with Crippen molar-refractivity contribution in [2.24, 2.45) is 0 Å². The van der Waals surface area contributed by atoms with E-state index in [4.69, 9.17) is 28.4 Å². The molecule has 4 aromatic rings. The highest BCUT2D eigenvalue weighted by Gasteiger charge is 2.25. The molecular weight excluding hydrogens is 588 g/mol. The predicted octanol–water partition coefficient (Wildman–Crippen LogP) is 8.89. The summed E-state index contributed by atoms with van der Waals surface area (Å²) in [6.07, 6.45) is 0.347. The molecule has 4 aromatic carbocycles. The number of benzene rings is 4. The Bertz CT molecular complexity index is 1690. The number of ether oxygens (including phenoxy) is 6. The third-order valence-corrected chi connectivity index (χ3v) is 8.92. The molecular formula is C41H48O6. The molecule has 0 N–H and O–H groups in total. The van der Waals surface area contributed by atoms with Crippen LogP contribution in [0.5, 0.6) is 23.0 Å². The minimum absolute atomic E-state index is 0.132. The van der Waals surface area contributed by atoms with E-state index >= 15 is 0 Å². The van der Waals surface area contributed by atoms with Crippen molar-refractivity contribution >= 4 is 0 Å². The fraction of sp³-hybridized carbons (Fsp3) is 0.415. The quantitative estimate of drug-likeness (QED) is 0.137. The fourth-order valence-electron chi connectivity index (χ4n) is 6.45. The molecule has 0 amide bonds. The van der Waals surface area contributed by atoms with E-state index in [0.29, 0.717) is 19.8 Å². The number of hydrogen-bond donors (Lipinski definition) is 0. The minimum Gasteiger partial charge on any atom is -0.490 e. The highest BCUT2D eigenvalue weighted by atomic mass is 16.6. The zero-order chi connectivity index (χ0) is 33.4. The summed E-state index contributed by atoms with van der Waals surface area (Å²) >= 11 is 0. The Labute approximate surface area is 279 Å². The van der Waals surface area contributed by atoms with Crippen LogP contribution in [0.2, 0.25) is 0 Å². The molecule has 3 unspecified atom stereocenters. The van der Waals surface area contributed by atoms with Gasteiger partial charge in [-0.2, -0.15) is 0 Å². The van der Waals surface area contributed by atoms with E-state index in [1.807, 2.05) is 0 Å². The van der Waals surface area contributed by atoms with Gasteiger partial charge >= 0.3 is 0 Å². The van der Waals surface area contributed by atoms with Gasteiger partial charge < -0.3 is 28.4 Å². The molecule has 6 nitrogen and oxygen atoms in total. The summed E-state index contributed by atoms with van der Waals surface area (Å²) in [5, 5.41) is 0. The monoisotopic (exact) mass is 636 g/mol. The standard InChI is InChI=1S/C41H48O6/c1-23-10-32(33-12-25(3)39(26(4)13-33)45-21-36-19-42-36)11-24(2)38(23)44-18-31(9)47-41-29(7)16-35(17-30(41)8)34-14-27(5)40(28(6)15-34)46-22-37-20-43-37/h10-17,31,36-37H,18-22H2,1-9H3. The Morgan fingerprint density at radius 2 is 0.766 bits per heavy atom. The largest absolute Gasteiger partial charge is 0.490 e. The first-order chi connectivity index (χ1) is 22.5. The number of hydrogen-bond acceptors (Lipinski definition) is 6. The van der Waals surface area contributed by atoms with Crippen LogP contribution < -0.4 is 18.9 Å². The Morgan fingerprint density at radius 3 is 1.06 bits per heavy atom. The van der Waals surface area contributed by atoms with Crippen molar-refractivity contribution in [1.82, 2.24) is 0 Å². The highest BCUT2D eigenvalue weighted by Crippen LogP contribution is 2.37. The van der Waals surface area contributed by atoms with Crippen LogP contribution in [-0.2, 0) is 9.47 Å². The normalized spacial score (nSPS) is 17.3. The summed E-state index contributed by atoms with van der Waals surface area (Å²) in [6.45, 7) is 22.2. The zero-order valence-electron chi connectivity index (χ0n) is 29.3. The summed E-state index contributed by atoms with van der Waals surface area (Å²) < 4.78 is 35.6. The topological polar surface area (TPSA) is 62.0 Å². The molecule has 0 aliphatic carbocycles. The van der Waals surface area contributed by atoms with Gasteiger partial charge in [0.1, 0.15) is 61.1 Å². The van der Waals surface area contributed by atoms with Crippen LogP contribution in [0.1, 0.15) is 51.4 Å². The van der Waals surface area contributed by atoms with E-state index < -0.39 is 0 Å². The van der Waals surface area contributed by atoms with Gasteiger partial charge in [-0.25, -0.2) is 0 Å². The van der Waals surface area contributed by atoms with Crippen molar-refractivity contribution in [3.63, 3.8) is 0 Å². The molecule has 0 spiro atoms. The van der Waals surface area contributed by atoms with Gasteiger partial charge in [0.25, 0.3) is 0 Å². The Morgan fingerprint density at radius 1 is 0.489 bits per heavy atom. The number of aryl methyl sites for hydroxylation is 8. The average molecular weight is 637 g/mol. The second kappa shape index (κ2) is 13.6. The van der Waals surface area contributed by atoms with Crippen molar-refractivity contribution in [2.45, 2.75) is 80.6 Å². The van der Waals surface area contributed by atoms with Crippen LogP contribution in [0.4, 0.5) is 0 Å². The average Bonchev–Trinajstić information content (AvgIpc) is 3.94. The van der Waals surface area contributed by atoms with Gasteiger partial charge in [0.2, 0.25) is 0 Å². The van der Waals surface area contributed by atoms with Crippen molar-refractivity contribution in [3.8, 4) is 45.3 Å². The molecule has 3 atom stereocenters. The molecule has 6 rings (SSSR count). The van der Waals surface area contributed by atoms with Crippen LogP contribution in [0.15, 0.2) is 48.5 Å². The van der Waals surface area contributed by atoms with Crippen molar-refractivity contribution in [1.29, 1.82) is 0 Å². The summed E-state index contributed by atoms with van der Waals surface area (Å²) in [7, 11) is 0. The maximum absolute atomic E-state index is 6.49. The summed E-state index contributed by atoms with van der Waals surface area (Å²) in [4.78, 5) is 0. The smallest absolute Gasteiger partial charge is 0.130 e. The van der Waals surface area contributed by atoms with Crippen molar-refractivity contribution < 1.29 is 28.4 Å². The number of epoxide rings is 2. The molecule has 0 aromatic heterocycles. The zero-order valence-corrected chi connectivity index (χ0v) is 29.3. The van der Waals surface area contributed by atoms with Gasteiger partial charge in [-0.3, -0.25) is 0 Å². The Balaban J connectivity index is 1.10. The van der Waals surface area contributed by atoms with Gasteiger partial charge in [-0.05, 0) is 178 Å². The predicted molar refractivity (Wildman–Crippen MR) is 188 cm³/mol. The molecule has 2 aliphatic heterocycles. The van der Waals surface area contributed by atoms with Gasteiger partial charge in [-0.15, -0.1) is 0 Å². The molecule has 47 heavy (non-hydrogen) atoms. The lowest BCUT2D eigenvalue weighted by Crippen LogP contribution is -2.22. The molecule has 2 saturated heterocycles. The van der Waals surface area contributed by atoms with E-state index in [1.165, 1.54) is 22.3 Å². The molecule has 0 saturated carbocycles. The van der Waals surface area contributed by atoms with Crippen LogP contribution in [0, 0.1) is 55.4 Å². The molecule has 6 heteroatoms. The summed E-state index contributed by atoms with van der Waals surface area (Å²) in [5.41, 5.74) is 13.7. The SMILES string of the molecule is Cc1cc(-c2cc(C)c(OCC3CO3)c(C)c2)cc(C)c1OCC(C)Oc1c(C)cc(-c2cc(C)c(OCC3CO3)c(C)c2)cc1C. The lowest BCUT2D eigenvalue weighted by Gasteiger charge is -2.22. The van der Waals surface area contributed by atoms with E-state index in [1.54, 1.807) is 0 Å². The van der Waals surface area contributed by atoms with Crippen LogP contribution in [0.25, 0.3) is 22.3 Å². The van der Waals surface area contributed by atoms with E-state index in [0.717, 1.165) is 80.7 Å². The Kier molecular flexibility index (Phi) is 9.54. The third-order valence-electron chi connectivity index (χ3n) is 8.92. The highest BCUT2D eigenvalue weighted by molar-refractivity contribution is 5.71. The summed E-state index contributed by atoms with van der Waals surface area (Å²) in [6, 6.07) is 17.6. The molecule has 2 heterocycles. The molecule has 0 bridgehead atoms. The van der Waals surface area contributed by atoms with E-state index in [2.05, 4.69) is 111 Å². The van der Waals surface area contributed by atoms with Gasteiger partial charge in [0, 0.05) is 0 Å². The maximum atomic E-state index is 6.49. The minimum atomic E-state index is -0.132.